The predicted molar refractivity (Wildman–Crippen MR) is 53.0 cm³/mol. The van der Waals surface area contributed by atoms with Crippen LogP contribution in [0.1, 0.15) is 25.7 Å². The maximum Gasteiger partial charge on any atom is 0.0599 e. The van der Waals surface area contributed by atoms with Gasteiger partial charge in [-0.05, 0) is 38.8 Å². The van der Waals surface area contributed by atoms with Gasteiger partial charge in [-0.1, -0.05) is 0 Å². The molecule has 1 N–H and O–H groups in total. The summed E-state index contributed by atoms with van der Waals surface area (Å²) in [6.07, 6.45) is 5.08. The zero-order chi connectivity index (χ0) is 9.36. The van der Waals surface area contributed by atoms with Crippen LogP contribution in [-0.2, 0) is 9.47 Å². The van der Waals surface area contributed by atoms with Gasteiger partial charge in [-0.15, -0.1) is 0 Å². The van der Waals surface area contributed by atoms with Crippen molar-refractivity contribution in [3.8, 4) is 0 Å². The van der Waals surface area contributed by atoms with Gasteiger partial charge in [-0.3, -0.25) is 0 Å². The van der Waals surface area contributed by atoms with Crippen molar-refractivity contribution in [3.05, 3.63) is 0 Å². The van der Waals surface area contributed by atoms with Crippen LogP contribution in [0.3, 0.4) is 0 Å². The van der Waals surface area contributed by atoms with E-state index in [2.05, 4.69) is 5.32 Å². The largest absolute Gasteiger partial charge is 0.385 e. The molecule has 78 valence electrons. The molecule has 0 spiro atoms. The molecule has 0 saturated carbocycles. The number of methoxy groups -OCH3 is 1. The highest BCUT2D eigenvalue weighted by Crippen LogP contribution is 2.07. The summed E-state index contributed by atoms with van der Waals surface area (Å²) < 4.78 is 10.7. The molecule has 3 heteroatoms. The molecule has 1 rings (SSSR count). The van der Waals surface area contributed by atoms with Crippen molar-refractivity contribution in [3.63, 3.8) is 0 Å². The summed E-state index contributed by atoms with van der Waals surface area (Å²) in [6.45, 7) is 3.98. The van der Waals surface area contributed by atoms with E-state index in [0.29, 0.717) is 6.10 Å². The van der Waals surface area contributed by atoms with Gasteiger partial charge in [0.15, 0.2) is 0 Å². The molecule has 0 aromatic carbocycles. The van der Waals surface area contributed by atoms with Crippen molar-refractivity contribution in [1.29, 1.82) is 0 Å². The summed E-state index contributed by atoms with van der Waals surface area (Å²) in [5, 5.41) is 3.33. The van der Waals surface area contributed by atoms with E-state index in [4.69, 9.17) is 9.47 Å². The molecule has 1 heterocycles. The fraction of sp³-hybridized carbons (Fsp3) is 1.00. The molecular formula is C10H21NO2. The normalized spacial score (nSPS) is 19.2. The van der Waals surface area contributed by atoms with Gasteiger partial charge in [0.05, 0.1) is 6.10 Å². The SMILES string of the molecule is COCCCCOC1CCNCC1. The highest BCUT2D eigenvalue weighted by Gasteiger charge is 2.12. The van der Waals surface area contributed by atoms with Crippen LogP contribution in [0.2, 0.25) is 0 Å². The standard InChI is InChI=1S/C10H21NO2/c1-12-8-2-3-9-13-10-4-6-11-7-5-10/h10-11H,2-9H2,1H3. The minimum absolute atomic E-state index is 0.504. The number of rotatable bonds is 6. The van der Waals surface area contributed by atoms with Gasteiger partial charge in [0.2, 0.25) is 0 Å². The first-order chi connectivity index (χ1) is 6.43. The van der Waals surface area contributed by atoms with Crippen LogP contribution < -0.4 is 5.32 Å². The molecule has 0 unspecified atom stereocenters. The second-order valence-corrected chi connectivity index (χ2v) is 3.52. The topological polar surface area (TPSA) is 30.5 Å². The van der Waals surface area contributed by atoms with E-state index in [9.17, 15) is 0 Å². The van der Waals surface area contributed by atoms with E-state index in [1.54, 1.807) is 7.11 Å². The van der Waals surface area contributed by atoms with E-state index in [-0.39, 0.29) is 0 Å². The Bertz CT molecular complexity index is 113. The molecule has 1 aliphatic rings. The Morgan fingerprint density at radius 3 is 2.54 bits per heavy atom. The monoisotopic (exact) mass is 187 g/mol. The number of hydrogen-bond acceptors (Lipinski definition) is 3. The highest BCUT2D eigenvalue weighted by atomic mass is 16.5. The first kappa shape index (κ1) is 11.0. The van der Waals surface area contributed by atoms with Crippen molar-refractivity contribution >= 4 is 0 Å². The smallest absolute Gasteiger partial charge is 0.0599 e. The number of unbranched alkanes of at least 4 members (excludes halogenated alkanes) is 1. The first-order valence-corrected chi connectivity index (χ1v) is 5.24. The lowest BCUT2D eigenvalue weighted by molar-refractivity contribution is 0.0283. The molecule has 1 saturated heterocycles. The molecule has 0 aromatic rings. The Balaban J connectivity index is 1.86. The van der Waals surface area contributed by atoms with Gasteiger partial charge < -0.3 is 14.8 Å². The van der Waals surface area contributed by atoms with Crippen LogP contribution in [0.5, 0.6) is 0 Å². The second-order valence-electron chi connectivity index (χ2n) is 3.52. The maximum absolute atomic E-state index is 5.73. The lowest BCUT2D eigenvalue weighted by atomic mass is 10.1. The second kappa shape index (κ2) is 7.30. The van der Waals surface area contributed by atoms with Crippen LogP contribution in [0.15, 0.2) is 0 Å². The molecule has 0 atom stereocenters. The average molecular weight is 187 g/mol. The summed E-state index contributed by atoms with van der Waals surface area (Å²) in [6, 6.07) is 0. The van der Waals surface area contributed by atoms with E-state index in [1.807, 2.05) is 0 Å². The van der Waals surface area contributed by atoms with Crippen LogP contribution in [0.4, 0.5) is 0 Å². The average Bonchev–Trinajstić information content (AvgIpc) is 2.19. The minimum atomic E-state index is 0.504. The molecule has 1 aliphatic heterocycles. The van der Waals surface area contributed by atoms with Crippen molar-refractivity contribution in [2.75, 3.05) is 33.4 Å². The Kier molecular flexibility index (Phi) is 6.15. The van der Waals surface area contributed by atoms with Crippen LogP contribution in [0.25, 0.3) is 0 Å². The molecule has 13 heavy (non-hydrogen) atoms. The fourth-order valence-electron chi connectivity index (χ4n) is 1.56. The molecule has 0 bridgehead atoms. The zero-order valence-corrected chi connectivity index (χ0v) is 8.55. The Morgan fingerprint density at radius 1 is 1.15 bits per heavy atom. The van der Waals surface area contributed by atoms with E-state index >= 15 is 0 Å². The van der Waals surface area contributed by atoms with Crippen molar-refractivity contribution in [2.45, 2.75) is 31.8 Å². The Labute approximate surface area is 80.8 Å². The van der Waals surface area contributed by atoms with Gasteiger partial charge in [0.25, 0.3) is 0 Å². The lowest BCUT2D eigenvalue weighted by Crippen LogP contribution is -2.32. The third kappa shape index (κ3) is 5.24. The van der Waals surface area contributed by atoms with Crippen molar-refractivity contribution in [1.82, 2.24) is 5.32 Å². The van der Waals surface area contributed by atoms with Gasteiger partial charge in [-0.2, -0.15) is 0 Å². The van der Waals surface area contributed by atoms with Gasteiger partial charge in [0, 0.05) is 20.3 Å². The molecule has 1 fully saturated rings. The predicted octanol–water partition coefficient (Wildman–Crippen LogP) is 1.18. The number of ether oxygens (including phenoxy) is 2. The van der Waals surface area contributed by atoms with Crippen LogP contribution in [0, 0.1) is 0 Å². The molecule has 0 radical (unpaired) electrons. The molecule has 0 aromatic heterocycles. The summed E-state index contributed by atoms with van der Waals surface area (Å²) in [5.74, 6) is 0. The molecular weight excluding hydrogens is 166 g/mol. The minimum Gasteiger partial charge on any atom is -0.385 e. The number of piperidine rings is 1. The lowest BCUT2D eigenvalue weighted by Gasteiger charge is -2.22. The molecule has 0 amide bonds. The van der Waals surface area contributed by atoms with Gasteiger partial charge >= 0.3 is 0 Å². The van der Waals surface area contributed by atoms with Gasteiger partial charge in [0.1, 0.15) is 0 Å². The summed E-state index contributed by atoms with van der Waals surface area (Å²) in [7, 11) is 1.74. The summed E-state index contributed by atoms with van der Waals surface area (Å²) >= 11 is 0. The first-order valence-electron chi connectivity index (χ1n) is 5.24. The van der Waals surface area contributed by atoms with Crippen LogP contribution in [-0.4, -0.2) is 39.5 Å². The summed E-state index contributed by atoms with van der Waals surface area (Å²) in [4.78, 5) is 0. The quantitative estimate of drug-likeness (QED) is 0.633. The van der Waals surface area contributed by atoms with Gasteiger partial charge in [-0.25, -0.2) is 0 Å². The Morgan fingerprint density at radius 2 is 1.85 bits per heavy atom. The van der Waals surface area contributed by atoms with Crippen LogP contribution >= 0.6 is 0 Å². The summed E-state index contributed by atoms with van der Waals surface area (Å²) in [5.41, 5.74) is 0. The van der Waals surface area contributed by atoms with Crippen molar-refractivity contribution in [2.24, 2.45) is 0 Å². The highest BCUT2D eigenvalue weighted by molar-refractivity contribution is 4.67. The maximum atomic E-state index is 5.73. The number of nitrogens with one attached hydrogen (secondary N) is 1. The third-order valence-corrected chi connectivity index (χ3v) is 2.38. The number of hydrogen-bond donors (Lipinski definition) is 1. The molecule has 3 nitrogen and oxygen atoms in total. The zero-order valence-electron chi connectivity index (χ0n) is 8.55. The van der Waals surface area contributed by atoms with E-state index < -0.39 is 0 Å². The van der Waals surface area contributed by atoms with E-state index in [1.165, 1.54) is 12.8 Å². The Hall–Kier alpha value is -0.120. The van der Waals surface area contributed by atoms with E-state index in [0.717, 1.165) is 39.1 Å². The fourth-order valence-corrected chi connectivity index (χ4v) is 1.56. The molecule has 0 aliphatic carbocycles. The third-order valence-electron chi connectivity index (χ3n) is 2.38. The van der Waals surface area contributed by atoms with Crippen molar-refractivity contribution < 1.29 is 9.47 Å².